The van der Waals surface area contributed by atoms with Gasteiger partial charge in [0.2, 0.25) is 0 Å². The van der Waals surface area contributed by atoms with E-state index in [1.165, 1.54) is 0 Å². The lowest BCUT2D eigenvalue weighted by molar-refractivity contribution is 0.363. The highest BCUT2D eigenvalue weighted by Crippen LogP contribution is 2.23. The summed E-state index contributed by atoms with van der Waals surface area (Å²) in [6, 6.07) is 6.01. The zero-order chi connectivity index (χ0) is 10.9. The molecule has 0 aliphatic carbocycles. The highest BCUT2D eigenvalue weighted by atomic mass is 79.9. The maximum absolute atomic E-state index is 6.09. The first-order valence-corrected chi connectivity index (χ1v) is 6.03. The Morgan fingerprint density at radius 2 is 2.07 bits per heavy atom. The standard InChI is InChI=1S/C11H16BrN3/c1-11(13)5-7-15(8-6-11)10-4-2-3-9(12)14-10/h2-4H,5-8,13H2,1H3. The minimum Gasteiger partial charge on any atom is -0.356 e. The molecule has 0 saturated carbocycles. The van der Waals surface area contributed by atoms with E-state index in [0.717, 1.165) is 36.4 Å². The summed E-state index contributed by atoms with van der Waals surface area (Å²) in [7, 11) is 0. The molecule has 1 aliphatic rings. The van der Waals surface area contributed by atoms with Crippen molar-refractivity contribution in [2.24, 2.45) is 5.73 Å². The number of anilines is 1. The van der Waals surface area contributed by atoms with Gasteiger partial charge in [-0.2, -0.15) is 0 Å². The molecular formula is C11H16BrN3. The lowest BCUT2D eigenvalue weighted by Gasteiger charge is -2.37. The molecule has 1 aliphatic heterocycles. The molecule has 2 rings (SSSR count). The molecule has 1 aromatic heterocycles. The third-order valence-electron chi connectivity index (χ3n) is 2.93. The van der Waals surface area contributed by atoms with Crippen LogP contribution in [0.25, 0.3) is 0 Å². The number of pyridine rings is 1. The van der Waals surface area contributed by atoms with E-state index in [0.29, 0.717) is 0 Å². The molecule has 0 spiro atoms. The lowest BCUT2D eigenvalue weighted by atomic mass is 9.91. The predicted octanol–water partition coefficient (Wildman–Crippen LogP) is 2.16. The van der Waals surface area contributed by atoms with Crippen LogP contribution in [0.1, 0.15) is 19.8 Å². The summed E-state index contributed by atoms with van der Waals surface area (Å²) in [5.41, 5.74) is 6.09. The second-order valence-electron chi connectivity index (χ2n) is 4.46. The Bertz CT molecular complexity index is 341. The summed E-state index contributed by atoms with van der Waals surface area (Å²) in [6.45, 7) is 4.12. The fraction of sp³-hybridized carbons (Fsp3) is 0.545. The molecule has 1 fully saturated rings. The second-order valence-corrected chi connectivity index (χ2v) is 5.27. The van der Waals surface area contributed by atoms with Crippen molar-refractivity contribution >= 4 is 21.7 Å². The Kier molecular flexibility index (Phi) is 2.98. The number of nitrogens with two attached hydrogens (primary N) is 1. The van der Waals surface area contributed by atoms with Crippen LogP contribution in [0.3, 0.4) is 0 Å². The van der Waals surface area contributed by atoms with Gasteiger partial charge in [0.05, 0.1) is 0 Å². The van der Waals surface area contributed by atoms with E-state index in [4.69, 9.17) is 5.73 Å². The highest BCUT2D eigenvalue weighted by Gasteiger charge is 2.26. The second kappa shape index (κ2) is 4.10. The number of aromatic nitrogens is 1. The summed E-state index contributed by atoms with van der Waals surface area (Å²) in [5.74, 6) is 1.04. The van der Waals surface area contributed by atoms with Crippen molar-refractivity contribution in [3.8, 4) is 0 Å². The van der Waals surface area contributed by atoms with Crippen LogP contribution in [0.15, 0.2) is 22.8 Å². The summed E-state index contributed by atoms with van der Waals surface area (Å²) in [5, 5.41) is 0. The monoisotopic (exact) mass is 269 g/mol. The average molecular weight is 270 g/mol. The number of piperidine rings is 1. The van der Waals surface area contributed by atoms with Crippen molar-refractivity contribution in [3.63, 3.8) is 0 Å². The van der Waals surface area contributed by atoms with Crippen molar-refractivity contribution in [2.75, 3.05) is 18.0 Å². The maximum Gasteiger partial charge on any atom is 0.129 e. The Balaban J connectivity index is 2.08. The van der Waals surface area contributed by atoms with E-state index < -0.39 is 0 Å². The first-order valence-electron chi connectivity index (χ1n) is 5.23. The van der Waals surface area contributed by atoms with Gasteiger partial charge in [-0.3, -0.25) is 0 Å². The van der Waals surface area contributed by atoms with Gasteiger partial charge in [0.1, 0.15) is 10.4 Å². The van der Waals surface area contributed by atoms with Gasteiger partial charge in [0.15, 0.2) is 0 Å². The van der Waals surface area contributed by atoms with Crippen molar-refractivity contribution in [3.05, 3.63) is 22.8 Å². The molecule has 3 nitrogen and oxygen atoms in total. The molecule has 0 amide bonds. The van der Waals surface area contributed by atoms with Crippen molar-refractivity contribution in [2.45, 2.75) is 25.3 Å². The fourth-order valence-corrected chi connectivity index (χ4v) is 2.15. The molecule has 0 radical (unpaired) electrons. The Morgan fingerprint density at radius 1 is 1.40 bits per heavy atom. The topological polar surface area (TPSA) is 42.1 Å². The van der Waals surface area contributed by atoms with Crippen LogP contribution >= 0.6 is 15.9 Å². The normalized spacial score (nSPS) is 20.3. The Hall–Kier alpha value is -0.610. The average Bonchev–Trinajstić information content (AvgIpc) is 2.17. The molecule has 0 atom stereocenters. The molecule has 0 aromatic carbocycles. The summed E-state index contributed by atoms with van der Waals surface area (Å²) < 4.78 is 0.890. The van der Waals surface area contributed by atoms with E-state index >= 15 is 0 Å². The molecule has 2 heterocycles. The zero-order valence-corrected chi connectivity index (χ0v) is 10.5. The summed E-state index contributed by atoms with van der Waals surface area (Å²) >= 11 is 3.39. The van der Waals surface area contributed by atoms with E-state index in [1.54, 1.807) is 0 Å². The third kappa shape index (κ3) is 2.69. The first kappa shape index (κ1) is 10.9. The van der Waals surface area contributed by atoms with Gasteiger partial charge in [0.25, 0.3) is 0 Å². The lowest BCUT2D eigenvalue weighted by Crippen LogP contribution is -2.48. The van der Waals surface area contributed by atoms with E-state index in [-0.39, 0.29) is 5.54 Å². The summed E-state index contributed by atoms with van der Waals surface area (Å²) in [4.78, 5) is 6.74. The van der Waals surface area contributed by atoms with Crippen LogP contribution in [-0.2, 0) is 0 Å². The van der Waals surface area contributed by atoms with Crippen LogP contribution < -0.4 is 10.6 Å². The molecular weight excluding hydrogens is 254 g/mol. The Labute approximate surface area is 98.8 Å². The molecule has 4 heteroatoms. The zero-order valence-electron chi connectivity index (χ0n) is 8.91. The van der Waals surface area contributed by atoms with Gasteiger partial charge in [-0.1, -0.05) is 6.07 Å². The predicted molar refractivity (Wildman–Crippen MR) is 66.0 cm³/mol. The SMILES string of the molecule is CC1(N)CCN(c2cccc(Br)n2)CC1. The molecule has 0 unspecified atom stereocenters. The van der Waals surface area contributed by atoms with Gasteiger partial charge < -0.3 is 10.6 Å². The van der Waals surface area contributed by atoms with Gasteiger partial charge in [-0.25, -0.2) is 4.98 Å². The number of hydrogen-bond acceptors (Lipinski definition) is 3. The van der Waals surface area contributed by atoms with E-state index in [2.05, 4.69) is 32.7 Å². The summed E-state index contributed by atoms with van der Waals surface area (Å²) in [6.07, 6.45) is 2.06. The Morgan fingerprint density at radius 3 is 2.67 bits per heavy atom. The van der Waals surface area contributed by atoms with Gasteiger partial charge in [-0.05, 0) is 47.8 Å². The third-order valence-corrected chi connectivity index (χ3v) is 3.37. The molecule has 2 N–H and O–H groups in total. The number of halogens is 1. The van der Waals surface area contributed by atoms with Gasteiger partial charge >= 0.3 is 0 Å². The highest BCUT2D eigenvalue weighted by molar-refractivity contribution is 9.10. The van der Waals surface area contributed by atoms with Crippen LogP contribution in [0.2, 0.25) is 0 Å². The number of hydrogen-bond donors (Lipinski definition) is 1. The van der Waals surface area contributed by atoms with Crippen molar-refractivity contribution in [1.82, 2.24) is 4.98 Å². The van der Waals surface area contributed by atoms with Crippen LogP contribution in [0, 0.1) is 0 Å². The molecule has 0 bridgehead atoms. The molecule has 82 valence electrons. The number of nitrogens with zero attached hydrogens (tertiary/aromatic N) is 2. The molecule has 1 saturated heterocycles. The first-order chi connectivity index (χ1) is 7.07. The van der Waals surface area contributed by atoms with Crippen molar-refractivity contribution in [1.29, 1.82) is 0 Å². The maximum atomic E-state index is 6.09. The van der Waals surface area contributed by atoms with Gasteiger partial charge in [-0.15, -0.1) is 0 Å². The van der Waals surface area contributed by atoms with Gasteiger partial charge in [0, 0.05) is 18.6 Å². The van der Waals surface area contributed by atoms with Crippen LogP contribution in [0.5, 0.6) is 0 Å². The fourth-order valence-electron chi connectivity index (χ4n) is 1.82. The van der Waals surface area contributed by atoms with Crippen LogP contribution in [-0.4, -0.2) is 23.6 Å². The quantitative estimate of drug-likeness (QED) is 0.795. The minimum absolute atomic E-state index is 0.00249. The van der Waals surface area contributed by atoms with Crippen molar-refractivity contribution < 1.29 is 0 Å². The van der Waals surface area contributed by atoms with E-state index in [1.807, 2.05) is 18.2 Å². The largest absolute Gasteiger partial charge is 0.356 e. The molecule has 1 aromatic rings. The van der Waals surface area contributed by atoms with E-state index in [9.17, 15) is 0 Å². The number of rotatable bonds is 1. The minimum atomic E-state index is 0.00249. The smallest absolute Gasteiger partial charge is 0.129 e. The molecule has 15 heavy (non-hydrogen) atoms. The van der Waals surface area contributed by atoms with Crippen LogP contribution in [0.4, 0.5) is 5.82 Å².